The largest absolute Gasteiger partial charge is 0.377 e. The summed E-state index contributed by atoms with van der Waals surface area (Å²) in [6.07, 6.45) is 7.66. The van der Waals surface area contributed by atoms with Crippen LogP contribution >= 0.6 is 47.1 Å². The van der Waals surface area contributed by atoms with Gasteiger partial charge in [0.05, 0.1) is 192 Å². The predicted molar refractivity (Wildman–Crippen MR) is 341 cm³/mol. The maximum absolute atomic E-state index is 13.3. The molecule has 28 heteroatoms. The lowest BCUT2D eigenvalue weighted by Crippen LogP contribution is -2.56. The first-order chi connectivity index (χ1) is 42.4. The lowest BCUT2D eigenvalue weighted by molar-refractivity contribution is -0.122. The van der Waals surface area contributed by atoms with Crippen molar-refractivity contribution in [1.29, 1.82) is 0 Å². The second-order valence-electron chi connectivity index (χ2n) is 22.0. The van der Waals surface area contributed by atoms with E-state index >= 15 is 0 Å². The van der Waals surface area contributed by atoms with Crippen LogP contribution in [0.25, 0.3) is 0 Å². The van der Waals surface area contributed by atoms with E-state index in [-0.39, 0.29) is 79.5 Å². The Hall–Kier alpha value is -2.58. The summed E-state index contributed by atoms with van der Waals surface area (Å²) in [5.41, 5.74) is 2.29. The van der Waals surface area contributed by atoms with E-state index in [0.29, 0.717) is 187 Å². The number of sulfone groups is 1. The summed E-state index contributed by atoms with van der Waals surface area (Å²) in [5, 5.41) is 14.0. The number of hydrogen-bond acceptors (Lipinski definition) is 21. The second kappa shape index (κ2) is 45.7. The number of ether oxygens (including phenoxy) is 12. The molecule has 4 heterocycles. The highest BCUT2D eigenvalue weighted by molar-refractivity contribution is 8.00. The summed E-state index contributed by atoms with van der Waals surface area (Å²) in [6, 6.07) is 8.74. The van der Waals surface area contributed by atoms with E-state index in [9.17, 15) is 22.8 Å². The molecule has 6 rings (SSSR count). The molecule has 0 radical (unpaired) electrons. The number of carbonyl (C=O) groups excluding carboxylic acids is 3. The van der Waals surface area contributed by atoms with Crippen molar-refractivity contribution in [1.82, 2.24) is 31.2 Å². The van der Waals surface area contributed by atoms with Crippen LogP contribution in [0.5, 0.6) is 0 Å². The van der Waals surface area contributed by atoms with E-state index in [4.69, 9.17) is 73.4 Å². The van der Waals surface area contributed by atoms with Crippen LogP contribution in [0.3, 0.4) is 0 Å². The maximum Gasteiger partial charge on any atom is 0.315 e. The van der Waals surface area contributed by atoms with E-state index in [1.54, 1.807) is 0 Å². The molecule has 1 aliphatic carbocycles. The molecule has 1 aromatic carbocycles. The number of benzene rings is 1. The smallest absolute Gasteiger partial charge is 0.315 e. The zero-order chi connectivity index (χ0) is 61.6. The van der Waals surface area contributed by atoms with Gasteiger partial charge in [-0.3, -0.25) is 14.5 Å². The number of carbonyl (C=O) groups is 3. The number of halogens is 2. The quantitative estimate of drug-likeness (QED) is 0.0495. The minimum atomic E-state index is -3.56. The van der Waals surface area contributed by atoms with E-state index in [2.05, 4.69) is 40.0 Å². The number of aryl methyl sites for hydroxylation is 2. The Bertz CT molecular complexity index is 2300. The van der Waals surface area contributed by atoms with Gasteiger partial charge < -0.3 is 78.1 Å². The average Bonchev–Trinajstić information content (AvgIpc) is 2.31. The van der Waals surface area contributed by atoms with Gasteiger partial charge >= 0.3 is 6.03 Å². The number of unbranched alkanes of at least 4 members (excludes halogenated alkanes) is 1. The van der Waals surface area contributed by atoms with Gasteiger partial charge in [-0.1, -0.05) is 30.2 Å². The van der Waals surface area contributed by atoms with Gasteiger partial charge in [-0.05, 0) is 76.5 Å². The van der Waals surface area contributed by atoms with Gasteiger partial charge in [-0.2, -0.15) is 11.8 Å². The van der Waals surface area contributed by atoms with E-state index < -0.39 is 15.9 Å². The van der Waals surface area contributed by atoms with Crippen LogP contribution < -0.4 is 21.3 Å². The summed E-state index contributed by atoms with van der Waals surface area (Å²) < 4.78 is 93.8. The molecule has 3 aliphatic heterocycles. The normalized spacial score (nSPS) is 21.2. The molecule has 2 aromatic rings. The Morgan fingerprint density at radius 3 is 1.62 bits per heavy atom. The molecule has 0 unspecified atom stereocenters. The Labute approximate surface area is 541 Å². The Morgan fingerprint density at radius 2 is 1.15 bits per heavy atom. The maximum atomic E-state index is 13.3. The Morgan fingerprint density at radius 1 is 0.670 bits per heavy atom. The van der Waals surface area contributed by atoms with Gasteiger partial charge in [0.2, 0.25) is 11.8 Å². The van der Waals surface area contributed by atoms with Gasteiger partial charge in [-0.25, -0.2) is 18.2 Å². The number of nitrogens with zero attached hydrogens (tertiary/aromatic N) is 2. The fourth-order valence-corrected chi connectivity index (χ4v) is 14.8. The summed E-state index contributed by atoms with van der Waals surface area (Å²) in [7, 11) is -3.56. The Balaban J connectivity index is 0.0000141. The minimum Gasteiger partial charge on any atom is -0.377 e. The number of aromatic nitrogens is 1. The van der Waals surface area contributed by atoms with Crippen LogP contribution in [-0.4, -0.2) is 261 Å². The molecule has 3 saturated heterocycles. The van der Waals surface area contributed by atoms with Crippen molar-refractivity contribution in [3.8, 4) is 0 Å². The third kappa shape index (κ3) is 31.8. The number of thiazole rings is 1. The van der Waals surface area contributed by atoms with Crippen LogP contribution in [0.15, 0.2) is 24.3 Å². The molecule has 4 aliphatic rings. The van der Waals surface area contributed by atoms with Gasteiger partial charge in [0, 0.05) is 71.4 Å². The second-order valence-corrected chi connectivity index (χ2v) is 27.2. The molecule has 0 bridgehead atoms. The zero-order valence-electron chi connectivity index (χ0n) is 51.8. The minimum absolute atomic E-state index is 0. The van der Waals surface area contributed by atoms with E-state index in [1.807, 2.05) is 47.4 Å². The number of hydrogen-bond donors (Lipinski definition) is 4. The molecule has 0 spiro atoms. The molecule has 1 saturated carbocycles. The van der Waals surface area contributed by atoms with Crippen LogP contribution in [-0.2, 0) is 82.7 Å². The highest BCUT2D eigenvalue weighted by Crippen LogP contribution is 2.39. The Kier molecular flexibility index (Phi) is 39.5. The first kappa shape index (κ1) is 76.1. The molecule has 88 heavy (non-hydrogen) atoms. The van der Waals surface area contributed by atoms with Gasteiger partial charge in [0.1, 0.15) is 0 Å². The topological polar surface area (TPSA) is 260 Å². The average molecular weight is 1340 g/mol. The SMILES string of the molecule is Cc1nc(C2CCC(N3C[C@H](CS(=O)(=O)CCC(=O)NCCOCCOCCOCCOCCOCCOCCOCCOCCOCCOCCOCCNC(=O)CCCC[C@@H]4SC[C@@H]5NC(=O)N[C@@H]54)OC[C@@H]3Cc3ccc(Cl)cc3)CC2)sc1C.Cl. The number of morpholine rings is 1. The van der Waals surface area contributed by atoms with Crippen molar-refractivity contribution in [3.63, 3.8) is 0 Å². The van der Waals surface area contributed by atoms with Crippen LogP contribution in [0, 0.1) is 13.8 Å². The predicted octanol–water partition coefficient (Wildman–Crippen LogP) is 5.12. The number of thioether (sulfide) groups is 1. The van der Waals surface area contributed by atoms with Crippen molar-refractivity contribution >= 4 is 74.8 Å². The first-order valence-electron chi connectivity index (χ1n) is 31.3. The van der Waals surface area contributed by atoms with Crippen molar-refractivity contribution in [2.75, 3.05) is 189 Å². The fraction of sp³-hybridized carbons (Fsp3) is 0.800. The summed E-state index contributed by atoms with van der Waals surface area (Å²) >= 11 is 9.89. The highest BCUT2D eigenvalue weighted by atomic mass is 35.5. The molecule has 4 N–H and O–H groups in total. The van der Waals surface area contributed by atoms with Crippen molar-refractivity contribution in [3.05, 3.63) is 50.4 Å². The molecule has 5 atom stereocenters. The van der Waals surface area contributed by atoms with Crippen LogP contribution in [0.4, 0.5) is 4.79 Å². The molecule has 23 nitrogen and oxygen atoms in total. The molecule has 4 fully saturated rings. The monoisotopic (exact) mass is 1340 g/mol. The lowest BCUT2D eigenvalue weighted by atomic mass is 9.84. The zero-order valence-corrected chi connectivity index (χ0v) is 55.8. The molecule has 1 aromatic heterocycles. The lowest BCUT2D eigenvalue weighted by Gasteiger charge is -2.46. The van der Waals surface area contributed by atoms with E-state index in [1.165, 1.54) is 15.4 Å². The summed E-state index contributed by atoms with van der Waals surface area (Å²) in [6.45, 7) is 15.5. The number of nitrogens with one attached hydrogen (secondary N) is 4. The van der Waals surface area contributed by atoms with Gasteiger partial charge in [-0.15, -0.1) is 23.7 Å². The van der Waals surface area contributed by atoms with Crippen molar-refractivity contribution in [2.45, 2.75) is 119 Å². The van der Waals surface area contributed by atoms with Crippen molar-refractivity contribution < 1.29 is 79.6 Å². The molecule has 4 amide bonds. The van der Waals surface area contributed by atoms with Gasteiger partial charge in [0.15, 0.2) is 9.84 Å². The fourth-order valence-electron chi connectivity index (χ4n) is 10.6. The highest BCUT2D eigenvalue weighted by Gasteiger charge is 2.43. The number of urea groups is 1. The molecule has 504 valence electrons. The summed E-state index contributed by atoms with van der Waals surface area (Å²) in [5.74, 6) is 0.748. The molecular formula is C60H100Cl2N6O17S3. The van der Waals surface area contributed by atoms with E-state index in [0.717, 1.165) is 62.8 Å². The standard InChI is InChI=1S/C60H99ClN6O17S3.ClH/c1-46-47(2)86-59(64-46)49-9-13-51(14-10-49)67-42-53(84-43-52(67)41-48-7-11-50(61)12-8-48)45-87(71,72)40-15-57(69)63-17-19-74-21-23-76-25-27-78-29-31-80-33-35-82-37-39-83-38-36-81-34-32-79-30-28-77-26-24-75-22-20-73-18-16-62-56(68)6-4-3-5-55-58-54(44-85-55)65-60(70)66-58;/h7-8,11-12,49,51-55,58H,3-6,9-10,13-45H2,1-2H3,(H,62,68)(H,63,69)(H2,65,66,70);1H/t49?,51?,52-,53+,54-,55-,58-;/m0./s1. The van der Waals surface area contributed by atoms with Crippen molar-refractivity contribution in [2.24, 2.45) is 0 Å². The van der Waals surface area contributed by atoms with Crippen LogP contribution in [0.1, 0.15) is 84.8 Å². The number of amides is 4. The number of rotatable bonds is 50. The van der Waals surface area contributed by atoms with Crippen LogP contribution in [0.2, 0.25) is 5.02 Å². The third-order valence-corrected chi connectivity index (χ3v) is 20.1. The first-order valence-corrected chi connectivity index (χ1v) is 35.3. The van der Waals surface area contributed by atoms with Gasteiger partial charge in [0.25, 0.3) is 0 Å². The molecular weight excluding hydrogens is 1240 g/mol. The summed E-state index contributed by atoms with van der Waals surface area (Å²) in [4.78, 5) is 44.8. The number of fused-ring (bicyclic) bond motifs is 1. The third-order valence-electron chi connectivity index (χ3n) is 15.4.